The second-order valence-corrected chi connectivity index (χ2v) is 9.96. The number of nitrogens with zero attached hydrogens (tertiary/aromatic N) is 5. The molecule has 1 unspecified atom stereocenters. The van der Waals surface area contributed by atoms with E-state index >= 15 is 0 Å². The number of hydrogen-bond donors (Lipinski definition) is 0. The molecule has 0 spiro atoms. The van der Waals surface area contributed by atoms with Gasteiger partial charge in [-0.1, -0.05) is 42.5 Å². The van der Waals surface area contributed by atoms with E-state index in [4.69, 9.17) is 4.74 Å². The van der Waals surface area contributed by atoms with E-state index in [-0.39, 0.29) is 12.0 Å². The Bertz CT molecular complexity index is 1360. The van der Waals surface area contributed by atoms with Gasteiger partial charge >= 0.3 is 5.97 Å². The van der Waals surface area contributed by atoms with Crippen LogP contribution in [0.15, 0.2) is 66.9 Å². The van der Waals surface area contributed by atoms with Crippen molar-refractivity contribution in [2.45, 2.75) is 38.9 Å². The zero-order valence-corrected chi connectivity index (χ0v) is 22.2. The van der Waals surface area contributed by atoms with Gasteiger partial charge in [-0.25, -0.2) is 9.78 Å². The first-order valence-corrected chi connectivity index (χ1v) is 13.4. The third kappa shape index (κ3) is 5.43. The quantitative estimate of drug-likeness (QED) is 0.320. The summed E-state index contributed by atoms with van der Waals surface area (Å²) in [6.45, 7) is 7.05. The van der Waals surface area contributed by atoms with Gasteiger partial charge in [0, 0.05) is 57.1 Å². The lowest BCUT2D eigenvalue weighted by atomic mass is 9.93. The van der Waals surface area contributed by atoms with Gasteiger partial charge in [0.1, 0.15) is 11.6 Å². The number of piperazine rings is 1. The number of rotatable bonds is 9. The van der Waals surface area contributed by atoms with Crippen molar-refractivity contribution < 1.29 is 14.3 Å². The molecule has 38 heavy (non-hydrogen) atoms. The molecule has 3 heterocycles. The van der Waals surface area contributed by atoms with Crippen molar-refractivity contribution in [3.8, 4) is 0 Å². The SMILES string of the molecule is CCOC(=O)CCCn1cncc1CN1C=C(c2cccc3ccccc23)C(N2CCN(C)CC2)C1=C=O. The Hall–Kier alpha value is -3.71. The highest BCUT2D eigenvalue weighted by molar-refractivity contribution is 5.96. The Labute approximate surface area is 223 Å². The molecule has 3 aromatic rings. The highest BCUT2D eigenvalue weighted by Crippen LogP contribution is 2.39. The summed E-state index contributed by atoms with van der Waals surface area (Å²) in [5.41, 5.74) is 3.88. The Kier molecular flexibility index (Phi) is 8.03. The van der Waals surface area contributed by atoms with E-state index in [1.807, 2.05) is 18.0 Å². The number of carbonyl (C=O) groups is 1. The largest absolute Gasteiger partial charge is 0.466 e. The number of esters is 1. The fourth-order valence-electron chi connectivity index (χ4n) is 5.48. The Balaban J connectivity index is 1.45. The highest BCUT2D eigenvalue weighted by Gasteiger charge is 2.38. The molecule has 198 valence electrons. The van der Waals surface area contributed by atoms with E-state index in [1.54, 1.807) is 6.33 Å². The van der Waals surface area contributed by atoms with E-state index in [2.05, 4.69) is 81.0 Å². The molecule has 2 aromatic carbocycles. The van der Waals surface area contributed by atoms with Crippen molar-refractivity contribution in [3.63, 3.8) is 0 Å². The third-order valence-corrected chi connectivity index (χ3v) is 7.48. The van der Waals surface area contributed by atoms with Crippen LogP contribution in [0.25, 0.3) is 16.3 Å². The van der Waals surface area contributed by atoms with Crippen LogP contribution in [-0.4, -0.2) is 82.0 Å². The molecular weight excluding hydrogens is 478 g/mol. The number of ether oxygens (including phenoxy) is 1. The number of likely N-dealkylation sites (N-methyl/N-ethyl adjacent to an activating group) is 1. The van der Waals surface area contributed by atoms with E-state index < -0.39 is 0 Å². The van der Waals surface area contributed by atoms with Crippen molar-refractivity contribution in [2.75, 3.05) is 39.8 Å². The molecular formula is C30H35N5O3. The van der Waals surface area contributed by atoms with Gasteiger partial charge in [0.25, 0.3) is 0 Å². The molecule has 1 atom stereocenters. The molecule has 0 saturated carbocycles. The number of hydrogen-bond acceptors (Lipinski definition) is 7. The summed E-state index contributed by atoms with van der Waals surface area (Å²) in [4.78, 5) is 35.4. The summed E-state index contributed by atoms with van der Waals surface area (Å²) in [6.07, 6.45) is 6.78. The van der Waals surface area contributed by atoms with Crippen LogP contribution in [0.5, 0.6) is 0 Å². The summed E-state index contributed by atoms with van der Waals surface area (Å²) in [5, 5.41) is 2.36. The van der Waals surface area contributed by atoms with Gasteiger partial charge in [0.15, 0.2) is 0 Å². The number of aromatic nitrogens is 2. The van der Waals surface area contributed by atoms with Crippen LogP contribution in [0, 0.1) is 0 Å². The summed E-state index contributed by atoms with van der Waals surface area (Å²) < 4.78 is 7.11. The van der Waals surface area contributed by atoms with E-state index in [9.17, 15) is 9.59 Å². The van der Waals surface area contributed by atoms with Gasteiger partial charge in [-0.2, -0.15) is 0 Å². The molecule has 2 aliphatic heterocycles. The zero-order chi connectivity index (χ0) is 26.5. The topological polar surface area (TPSA) is 70.9 Å². The zero-order valence-electron chi connectivity index (χ0n) is 22.2. The van der Waals surface area contributed by atoms with Crippen molar-refractivity contribution in [1.82, 2.24) is 24.3 Å². The van der Waals surface area contributed by atoms with Gasteiger partial charge in [0.2, 0.25) is 0 Å². The standard InChI is InChI=1S/C30H35N5O3/c1-3-38-29(37)12-7-13-34-22-31-18-24(34)19-35-20-27(26-11-6-9-23-8-4-5-10-25(23)26)30(28(35)21-36)33-16-14-32(2)15-17-33/h4-6,8-11,18,20,22,30H,3,7,12-17,19H2,1-2H3. The normalized spacial score (nSPS) is 18.6. The summed E-state index contributed by atoms with van der Waals surface area (Å²) in [7, 11) is 2.14. The molecule has 1 fully saturated rings. The molecule has 5 rings (SSSR count). The smallest absolute Gasteiger partial charge is 0.305 e. The fourth-order valence-corrected chi connectivity index (χ4v) is 5.48. The molecule has 2 aliphatic rings. The molecule has 0 radical (unpaired) electrons. The van der Waals surface area contributed by atoms with Crippen LogP contribution in [0.4, 0.5) is 0 Å². The van der Waals surface area contributed by atoms with Crippen LogP contribution in [-0.2, 0) is 27.4 Å². The molecule has 0 aliphatic carbocycles. The van der Waals surface area contributed by atoms with Crippen LogP contribution in [0.2, 0.25) is 0 Å². The average molecular weight is 514 g/mol. The summed E-state index contributed by atoms with van der Waals surface area (Å²) in [6, 6.07) is 14.6. The van der Waals surface area contributed by atoms with E-state index in [1.165, 1.54) is 10.8 Å². The minimum Gasteiger partial charge on any atom is -0.466 e. The van der Waals surface area contributed by atoms with Crippen molar-refractivity contribution in [2.24, 2.45) is 0 Å². The summed E-state index contributed by atoms with van der Waals surface area (Å²) >= 11 is 0. The number of benzene rings is 2. The predicted octanol–water partition coefficient (Wildman–Crippen LogP) is 3.57. The van der Waals surface area contributed by atoms with E-state index in [0.29, 0.717) is 38.2 Å². The van der Waals surface area contributed by atoms with Crippen molar-refractivity contribution >= 4 is 28.3 Å². The highest BCUT2D eigenvalue weighted by atomic mass is 16.5. The lowest BCUT2D eigenvalue weighted by Crippen LogP contribution is -2.50. The Morgan fingerprint density at radius 1 is 1.11 bits per heavy atom. The minimum atomic E-state index is -0.183. The lowest BCUT2D eigenvalue weighted by Gasteiger charge is -2.37. The minimum absolute atomic E-state index is 0.160. The Morgan fingerprint density at radius 3 is 2.68 bits per heavy atom. The molecule has 0 amide bonds. The molecule has 8 nitrogen and oxygen atoms in total. The number of aryl methyl sites for hydroxylation is 1. The van der Waals surface area contributed by atoms with Gasteiger partial charge in [-0.15, -0.1) is 0 Å². The molecule has 1 saturated heterocycles. The van der Waals surface area contributed by atoms with Gasteiger partial charge in [-0.05, 0) is 36.7 Å². The van der Waals surface area contributed by atoms with Crippen LogP contribution < -0.4 is 0 Å². The number of fused-ring (bicyclic) bond motifs is 1. The number of imidazole rings is 1. The Morgan fingerprint density at radius 2 is 1.89 bits per heavy atom. The maximum absolute atomic E-state index is 12.5. The molecule has 0 N–H and O–H groups in total. The lowest BCUT2D eigenvalue weighted by molar-refractivity contribution is -0.143. The van der Waals surface area contributed by atoms with Gasteiger partial charge < -0.3 is 19.1 Å². The maximum Gasteiger partial charge on any atom is 0.305 e. The van der Waals surface area contributed by atoms with Gasteiger partial charge in [-0.3, -0.25) is 9.69 Å². The second kappa shape index (κ2) is 11.8. The van der Waals surface area contributed by atoms with Crippen LogP contribution in [0.1, 0.15) is 31.0 Å². The molecule has 8 heteroatoms. The van der Waals surface area contributed by atoms with E-state index in [0.717, 1.165) is 43.0 Å². The molecule has 0 bridgehead atoms. The van der Waals surface area contributed by atoms with Crippen molar-refractivity contribution in [1.29, 1.82) is 0 Å². The van der Waals surface area contributed by atoms with Gasteiger partial charge in [0.05, 0.1) is 31.2 Å². The fraction of sp³-hybridized carbons (Fsp3) is 0.400. The third-order valence-electron chi connectivity index (χ3n) is 7.48. The average Bonchev–Trinajstić information content (AvgIpc) is 3.53. The van der Waals surface area contributed by atoms with Crippen molar-refractivity contribution in [3.05, 3.63) is 78.1 Å². The maximum atomic E-state index is 12.5. The first-order chi connectivity index (χ1) is 18.6. The first kappa shape index (κ1) is 25.9. The van der Waals surface area contributed by atoms with Crippen LogP contribution in [0.3, 0.4) is 0 Å². The monoisotopic (exact) mass is 513 g/mol. The van der Waals surface area contributed by atoms with Crippen LogP contribution >= 0.6 is 0 Å². The second-order valence-electron chi connectivity index (χ2n) is 9.96. The predicted molar refractivity (Wildman–Crippen MR) is 148 cm³/mol. The number of carbonyl (C=O) groups excluding carboxylic acids is 2. The first-order valence-electron chi connectivity index (χ1n) is 13.4. The summed E-state index contributed by atoms with van der Waals surface area (Å²) in [5.74, 6) is 2.14. The molecule has 1 aromatic heterocycles.